The topological polar surface area (TPSA) is 180 Å². The minimum Gasteiger partial charge on any atom is -0.379 e. The third-order valence-corrected chi connectivity index (χ3v) is 12.4. The van der Waals surface area contributed by atoms with Crippen LogP contribution in [-0.2, 0) is 33.8 Å². The van der Waals surface area contributed by atoms with Crippen molar-refractivity contribution in [2.24, 2.45) is 17.3 Å². The molecule has 14 heteroatoms. The number of ether oxygens (including phenoxy) is 1. The molecule has 1 saturated heterocycles. The molecular weight excluding hydrogens is 662 g/mol. The summed E-state index contributed by atoms with van der Waals surface area (Å²) >= 11 is 0. The minimum absolute atomic E-state index is 0.00456. The zero-order valence-corrected chi connectivity index (χ0v) is 32.4. The van der Waals surface area contributed by atoms with Crippen molar-refractivity contribution in [2.45, 2.75) is 136 Å². The molecule has 5 atom stereocenters. The number of nitrogens with one attached hydrogen (secondary N) is 4. The van der Waals surface area contributed by atoms with Gasteiger partial charge in [-0.3, -0.25) is 19.2 Å². The van der Waals surface area contributed by atoms with Gasteiger partial charge in [0.1, 0.15) is 17.3 Å². The Labute approximate surface area is 299 Å². The van der Waals surface area contributed by atoms with E-state index in [1.807, 2.05) is 48.5 Å². The number of nitrogens with zero attached hydrogens (tertiary/aromatic N) is 1. The van der Waals surface area contributed by atoms with Gasteiger partial charge in [0.25, 0.3) is 5.91 Å². The zero-order chi connectivity index (χ0) is 37.9. The van der Waals surface area contributed by atoms with Crippen LogP contribution in [0.5, 0.6) is 0 Å². The highest BCUT2D eigenvalue weighted by atomic mass is 32.2. The van der Waals surface area contributed by atoms with E-state index < -0.39 is 73.7 Å². The van der Waals surface area contributed by atoms with Crippen LogP contribution in [-0.4, -0.2) is 104 Å². The summed E-state index contributed by atoms with van der Waals surface area (Å²) < 4.78 is 32.0. The molecule has 1 aliphatic heterocycles. The number of amides is 5. The number of sulfone groups is 1. The Morgan fingerprint density at radius 2 is 1.66 bits per heavy atom. The number of carbonyl (C=O) groups excluding carboxylic acids is 5. The Hall–Kier alpha value is -3.00. The number of rotatable bonds is 17. The third-order valence-electron chi connectivity index (χ3n) is 10.2. The second-order valence-corrected chi connectivity index (χ2v) is 17.8. The van der Waals surface area contributed by atoms with Gasteiger partial charge in [-0.1, -0.05) is 86.6 Å². The molecule has 2 rings (SSSR count). The van der Waals surface area contributed by atoms with Crippen molar-refractivity contribution in [2.75, 3.05) is 32.1 Å². The van der Waals surface area contributed by atoms with E-state index in [9.17, 15) is 32.4 Å². The number of hydrogen-bond donors (Lipinski definition) is 4. The average Bonchev–Trinajstić information content (AvgIpc) is 3.05. The zero-order valence-electron chi connectivity index (χ0n) is 31.6. The molecule has 0 radical (unpaired) electrons. The Balaban J connectivity index is 2.41. The van der Waals surface area contributed by atoms with Crippen LogP contribution in [0.25, 0.3) is 0 Å². The van der Waals surface area contributed by atoms with E-state index >= 15 is 0 Å². The number of carbonyl (C=O) groups is 5. The number of Topliss-reactive ketones (excluding diaryl/α,β-unsaturated/α-hetero) is 1. The first kappa shape index (κ1) is 43.2. The SMILES string of the molecule is C=CCNC(=O)C(=O)[C@H](CCCC)NC(=O)[C@H](C)N(CC(C)C(C)C)C(=O)[C@@H](NC(=O)NC1(C2COCCS2(=O)=O)CCCCC1)C(C)(C)C. The molecule has 1 heterocycles. The summed E-state index contributed by atoms with van der Waals surface area (Å²) in [5.41, 5.74) is -1.85. The minimum atomic E-state index is -3.53. The summed E-state index contributed by atoms with van der Waals surface area (Å²) in [5.74, 6) is -2.68. The lowest BCUT2D eigenvalue weighted by Gasteiger charge is -2.45. The Bertz CT molecular complexity index is 1310. The van der Waals surface area contributed by atoms with Crippen LogP contribution in [0.15, 0.2) is 12.7 Å². The summed E-state index contributed by atoms with van der Waals surface area (Å²) in [6, 6.07) is -3.89. The normalized spacial score (nSPS) is 21.1. The van der Waals surface area contributed by atoms with Crippen LogP contribution in [0.4, 0.5) is 4.79 Å². The summed E-state index contributed by atoms with van der Waals surface area (Å²) in [7, 11) is -3.53. The van der Waals surface area contributed by atoms with E-state index in [4.69, 9.17) is 4.74 Å². The highest BCUT2D eigenvalue weighted by Gasteiger charge is 2.50. The van der Waals surface area contributed by atoms with Crippen LogP contribution >= 0.6 is 0 Å². The lowest BCUT2D eigenvalue weighted by Crippen LogP contribution is -2.67. The lowest BCUT2D eigenvalue weighted by molar-refractivity contribution is -0.145. The lowest BCUT2D eigenvalue weighted by atomic mass is 9.79. The highest BCUT2D eigenvalue weighted by Crippen LogP contribution is 2.36. The van der Waals surface area contributed by atoms with Crippen molar-refractivity contribution in [3.05, 3.63) is 12.7 Å². The van der Waals surface area contributed by atoms with Crippen LogP contribution in [0.3, 0.4) is 0 Å². The Morgan fingerprint density at radius 3 is 2.20 bits per heavy atom. The van der Waals surface area contributed by atoms with Gasteiger partial charge < -0.3 is 30.9 Å². The monoisotopic (exact) mass is 725 g/mol. The maximum atomic E-state index is 14.6. The fourth-order valence-corrected chi connectivity index (χ4v) is 8.43. The molecule has 2 unspecified atom stereocenters. The average molecular weight is 726 g/mol. The van der Waals surface area contributed by atoms with Crippen molar-refractivity contribution < 1.29 is 37.1 Å². The standard InChI is InChI=1S/C36H63N5O8S/c1-10-12-16-27(29(42)32(44)37-19-11-2)38-31(43)26(6)41(22-25(5)24(3)4)33(45)30(35(7,8)9)39-34(46)40-36(17-14-13-15-18-36)28-23-49-20-21-50(28,47)48/h11,24-28,30H,2,10,12-23H2,1,3-9H3,(H,37,44)(H,38,43)(H2,39,40,46)/t25?,26-,27-,28?,30+/m0/s1. The molecule has 0 aromatic rings. The van der Waals surface area contributed by atoms with Gasteiger partial charge in [0.15, 0.2) is 9.84 Å². The number of unbranched alkanes of at least 4 members (excludes halogenated alkanes) is 1. The first-order chi connectivity index (χ1) is 23.3. The van der Waals surface area contributed by atoms with Gasteiger partial charge in [0, 0.05) is 13.1 Å². The predicted molar refractivity (Wildman–Crippen MR) is 194 cm³/mol. The van der Waals surface area contributed by atoms with E-state index in [1.54, 1.807) is 6.92 Å². The summed E-state index contributed by atoms with van der Waals surface area (Å²) in [6.07, 6.45) is 6.40. The van der Waals surface area contributed by atoms with Crippen molar-refractivity contribution in [3.63, 3.8) is 0 Å². The van der Waals surface area contributed by atoms with Crippen molar-refractivity contribution >= 4 is 39.4 Å². The molecule has 4 N–H and O–H groups in total. The smallest absolute Gasteiger partial charge is 0.315 e. The van der Waals surface area contributed by atoms with Gasteiger partial charge >= 0.3 is 6.03 Å². The van der Waals surface area contributed by atoms with E-state index in [2.05, 4.69) is 27.8 Å². The van der Waals surface area contributed by atoms with E-state index in [0.717, 1.165) is 25.7 Å². The second kappa shape index (κ2) is 19.0. The molecule has 50 heavy (non-hydrogen) atoms. The van der Waals surface area contributed by atoms with Crippen LogP contribution in [0.1, 0.15) is 107 Å². The van der Waals surface area contributed by atoms with Crippen molar-refractivity contribution in [1.82, 2.24) is 26.2 Å². The molecule has 0 bridgehead atoms. The summed E-state index contributed by atoms with van der Waals surface area (Å²) in [5, 5.41) is 10.2. The largest absolute Gasteiger partial charge is 0.379 e. The molecule has 1 aliphatic carbocycles. The maximum absolute atomic E-state index is 14.6. The molecule has 0 spiro atoms. The van der Waals surface area contributed by atoms with Gasteiger partial charge in [-0.25, -0.2) is 13.2 Å². The van der Waals surface area contributed by atoms with Crippen LogP contribution < -0.4 is 21.3 Å². The quantitative estimate of drug-likeness (QED) is 0.130. The van der Waals surface area contributed by atoms with E-state index in [0.29, 0.717) is 19.3 Å². The molecule has 286 valence electrons. The van der Waals surface area contributed by atoms with Gasteiger partial charge in [-0.05, 0) is 43.4 Å². The number of hydrogen-bond acceptors (Lipinski definition) is 8. The highest BCUT2D eigenvalue weighted by molar-refractivity contribution is 7.92. The van der Waals surface area contributed by atoms with Crippen LogP contribution in [0, 0.1) is 17.3 Å². The fraction of sp³-hybridized carbons (Fsp3) is 0.806. The predicted octanol–water partition coefficient (Wildman–Crippen LogP) is 3.27. The first-order valence-electron chi connectivity index (χ1n) is 18.2. The van der Waals surface area contributed by atoms with Gasteiger partial charge in [-0.2, -0.15) is 0 Å². The Morgan fingerprint density at radius 1 is 1.02 bits per heavy atom. The van der Waals surface area contributed by atoms with Gasteiger partial charge in [0.05, 0.1) is 30.5 Å². The molecule has 0 aromatic heterocycles. The molecule has 5 amide bonds. The van der Waals surface area contributed by atoms with Crippen molar-refractivity contribution in [1.29, 1.82) is 0 Å². The summed E-state index contributed by atoms with van der Waals surface area (Å²) in [4.78, 5) is 69.2. The second-order valence-electron chi connectivity index (χ2n) is 15.5. The van der Waals surface area contributed by atoms with Gasteiger partial charge in [0.2, 0.25) is 17.6 Å². The van der Waals surface area contributed by atoms with E-state index in [-0.39, 0.29) is 50.3 Å². The number of ketones is 1. The third kappa shape index (κ3) is 11.8. The fourth-order valence-electron chi connectivity index (χ4n) is 6.51. The Kier molecular flexibility index (Phi) is 16.4. The van der Waals surface area contributed by atoms with Crippen LogP contribution in [0.2, 0.25) is 0 Å². The molecular formula is C36H63N5O8S. The molecule has 0 aromatic carbocycles. The molecule has 13 nitrogen and oxygen atoms in total. The van der Waals surface area contributed by atoms with Gasteiger partial charge in [-0.15, -0.1) is 6.58 Å². The van der Waals surface area contributed by atoms with E-state index in [1.165, 1.54) is 11.0 Å². The molecule has 1 saturated carbocycles. The molecule has 2 fully saturated rings. The molecule has 2 aliphatic rings. The first-order valence-corrected chi connectivity index (χ1v) is 19.9. The maximum Gasteiger partial charge on any atom is 0.315 e. The summed E-state index contributed by atoms with van der Waals surface area (Å²) in [6.45, 7) is 18.9. The van der Waals surface area contributed by atoms with Crippen molar-refractivity contribution in [3.8, 4) is 0 Å². The number of urea groups is 1.